The normalized spacial score (nSPS) is 11.7. The van der Waals surface area contributed by atoms with E-state index >= 15 is 0 Å². The molecule has 0 spiro atoms. The Morgan fingerprint density at radius 2 is 1.82 bits per heavy atom. The summed E-state index contributed by atoms with van der Waals surface area (Å²) >= 11 is 1.22. The maximum Gasteiger partial charge on any atom is 0.268 e. The number of nitrogens with zero attached hydrogens (tertiary/aromatic N) is 3. The number of anilines is 1. The number of aryl methyl sites for hydroxylation is 4. The van der Waals surface area contributed by atoms with Crippen LogP contribution in [0.3, 0.4) is 0 Å². The molecule has 12 heteroatoms. The van der Waals surface area contributed by atoms with Crippen molar-refractivity contribution in [2.75, 3.05) is 10.5 Å². The van der Waals surface area contributed by atoms with Gasteiger partial charge in [0.05, 0.1) is 10.6 Å². The fourth-order valence-corrected chi connectivity index (χ4v) is 5.97. The minimum atomic E-state index is -3.56. The fourth-order valence-electron chi connectivity index (χ4n) is 4.26. The third kappa shape index (κ3) is 5.17. The monoisotopic (exact) mass is 568 g/mol. The van der Waals surface area contributed by atoms with Crippen molar-refractivity contribution in [1.82, 2.24) is 14.7 Å². The summed E-state index contributed by atoms with van der Waals surface area (Å²) in [4.78, 5) is 18.0. The predicted octanol–water partition coefficient (Wildman–Crippen LogP) is 5.94. The lowest BCUT2D eigenvalue weighted by molar-refractivity contribution is 0.426. The summed E-state index contributed by atoms with van der Waals surface area (Å²) in [6.45, 7) is 6.74. The highest BCUT2D eigenvalue weighted by molar-refractivity contribution is 7.92. The molecule has 9 nitrogen and oxygen atoms in total. The van der Waals surface area contributed by atoms with Gasteiger partial charge in [-0.25, -0.2) is 12.8 Å². The highest BCUT2D eigenvalue weighted by Gasteiger charge is 2.21. The Hall–Kier alpha value is -4.03. The molecule has 3 aromatic heterocycles. The Morgan fingerprint density at radius 3 is 2.46 bits per heavy atom. The van der Waals surface area contributed by atoms with Crippen LogP contribution >= 0.6 is 11.3 Å². The molecular formula is C27H25FN4O5S2. The van der Waals surface area contributed by atoms with E-state index in [-0.39, 0.29) is 17.1 Å². The Morgan fingerprint density at radius 1 is 1.10 bits per heavy atom. The van der Waals surface area contributed by atoms with Gasteiger partial charge in [-0.3, -0.25) is 9.52 Å². The second-order valence-corrected chi connectivity index (χ2v) is 12.2. The number of hydrogen-bond acceptors (Lipinski definition) is 8. The van der Waals surface area contributed by atoms with Gasteiger partial charge in [0, 0.05) is 35.4 Å². The quantitative estimate of drug-likeness (QED) is 0.258. The van der Waals surface area contributed by atoms with E-state index in [0.717, 1.165) is 0 Å². The summed E-state index contributed by atoms with van der Waals surface area (Å²) in [7, 11) is -1.92. The summed E-state index contributed by atoms with van der Waals surface area (Å²) in [6, 6.07) is 9.46. The molecule has 0 saturated heterocycles. The molecule has 0 fully saturated rings. The number of ether oxygens (including phenoxy) is 1. The van der Waals surface area contributed by atoms with Gasteiger partial charge in [0.2, 0.25) is 10.0 Å². The van der Waals surface area contributed by atoms with Gasteiger partial charge in [0.15, 0.2) is 5.82 Å². The van der Waals surface area contributed by atoms with Crippen LogP contribution in [0.1, 0.15) is 23.9 Å². The molecule has 0 unspecified atom stereocenters. The van der Waals surface area contributed by atoms with Crippen molar-refractivity contribution in [3.63, 3.8) is 0 Å². The molecule has 2 aromatic carbocycles. The molecule has 3 heterocycles. The fraction of sp³-hybridized carbons (Fsp3) is 0.222. The zero-order valence-electron chi connectivity index (χ0n) is 21.8. The van der Waals surface area contributed by atoms with Crippen molar-refractivity contribution in [2.24, 2.45) is 7.05 Å². The van der Waals surface area contributed by atoms with Crippen LogP contribution in [0.15, 0.2) is 51.9 Å². The topological polar surface area (TPSA) is 116 Å². The summed E-state index contributed by atoms with van der Waals surface area (Å²) < 4.78 is 54.8. The van der Waals surface area contributed by atoms with Crippen LogP contribution in [0.4, 0.5) is 10.1 Å². The Bertz CT molecular complexity index is 1880. The molecule has 0 bridgehead atoms. The van der Waals surface area contributed by atoms with Crippen molar-refractivity contribution >= 4 is 37.1 Å². The zero-order chi connectivity index (χ0) is 28.1. The van der Waals surface area contributed by atoms with Crippen molar-refractivity contribution < 1.29 is 22.1 Å². The smallest absolute Gasteiger partial charge is 0.268 e. The van der Waals surface area contributed by atoms with Crippen LogP contribution in [0.5, 0.6) is 11.5 Å². The molecule has 202 valence electrons. The second-order valence-electron chi connectivity index (χ2n) is 9.15. The minimum absolute atomic E-state index is 0.101. The number of pyridine rings is 1. The molecule has 39 heavy (non-hydrogen) atoms. The molecule has 0 amide bonds. The van der Waals surface area contributed by atoms with Gasteiger partial charge < -0.3 is 13.8 Å². The SMILES string of the molecule is CCS(=O)(=O)Nc1ccc(Oc2c(C)cc(F)cc2C)c(-c2cn(C)c(=O)c3sc(-c4nc(C)no4)cc23)c1. The van der Waals surface area contributed by atoms with Crippen molar-refractivity contribution in [3.8, 4) is 33.4 Å². The summed E-state index contributed by atoms with van der Waals surface area (Å²) in [5.74, 6) is 1.16. The molecular weight excluding hydrogens is 543 g/mol. The van der Waals surface area contributed by atoms with Crippen molar-refractivity contribution in [3.05, 3.63) is 75.7 Å². The van der Waals surface area contributed by atoms with Crippen LogP contribution in [0, 0.1) is 26.6 Å². The van der Waals surface area contributed by atoms with E-state index in [9.17, 15) is 17.6 Å². The predicted molar refractivity (Wildman–Crippen MR) is 150 cm³/mol. The standard InChI is InChI=1S/C27H25FN4O5S2/c1-6-39(34,35)31-18-7-8-22(36-24-14(2)9-17(28)10-15(24)3)19(11-18)21-13-32(5)27(33)25-20(21)12-23(38-25)26-29-16(4)30-37-26/h7-13,31H,6H2,1-5H3. The highest BCUT2D eigenvalue weighted by atomic mass is 32.2. The number of benzene rings is 2. The van der Waals surface area contributed by atoms with Gasteiger partial charge in [-0.2, -0.15) is 4.98 Å². The van der Waals surface area contributed by atoms with Crippen LogP contribution < -0.4 is 15.0 Å². The first-order chi connectivity index (χ1) is 18.5. The van der Waals surface area contributed by atoms with E-state index in [0.29, 0.717) is 66.1 Å². The summed E-state index contributed by atoms with van der Waals surface area (Å²) in [6.07, 6.45) is 1.67. The number of aromatic nitrogens is 3. The van der Waals surface area contributed by atoms with E-state index in [2.05, 4.69) is 14.9 Å². The minimum Gasteiger partial charge on any atom is -0.456 e. The first kappa shape index (κ1) is 26.6. The van der Waals surface area contributed by atoms with E-state index < -0.39 is 10.0 Å². The van der Waals surface area contributed by atoms with Crippen LogP contribution in [-0.4, -0.2) is 28.9 Å². The highest BCUT2D eigenvalue weighted by Crippen LogP contribution is 2.42. The maximum atomic E-state index is 14.0. The number of sulfonamides is 1. The molecule has 5 aromatic rings. The third-order valence-corrected chi connectivity index (χ3v) is 8.58. The maximum absolute atomic E-state index is 14.0. The van der Waals surface area contributed by atoms with Gasteiger partial charge >= 0.3 is 0 Å². The second kappa shape index (κ2) is 9.93. The van der Waals surface area contributed by atoms with Gasteiger partial charge in [-0.05, 0) is 75.2 Å². The lowest BCUT2D eigenvalue weighted by atomic mass is 10.0. The number of rotatable bonds is 7. The van der Waals surface area contributed by atoms with E-state index in [1.807, 2.05) is 0 Å². The van der Waals surface area contributed by atoms with Crippen LogP contribution in [0.25, 0.3) is 32.0 Å². The van der Waals surface area contributed by atoms with E-state index in [1.165, 1.54) is 28.0 Å². The molecule has 0 aliphatic carbocycles. The van der Waals surface area contributed by atoms with E-state index in [4.69, 9.17) is 9.26 Å². The summed E-state index contributed by atoms with van der Waals surface area (Å²) in [5.41, 5.74) is 2.47. The largest absolute Gasteiger partial charge is 0.456 e. The third-order valence-electron chi connectivity index (χ3n) is 6.16. The zero-order valence-corrected chi connectivity index (χ0v) is 23.5. The molecule has 5 rings (SSSR count). The molecule has 0 aliphatic heterocycles. The number of fused-ring (bicyclic) bond motifs is 1. The lowest BCUT2D eigenvalue weighted by Crippen LogP contribution is -2.16. The molecule has 1 N–H and O–H groups in total. The average Bonchev–Trinajstić information content (AvgIpc) is 3.51. The van der Waals surface area contributed by atoms with Crippen molar-refractivity contribution in [1.29, 1.82) is 0 Å². The summed E-state index contributed by atoms with van der Waals surface area (Å²) in [5, 5.41) is 4.46. The van der Waals surface area contributed by atoms with Crippen LogP contribution in [0.2, 0.25) is 0 Å². The number of thiophene rings is 1. The van der Waals surface area contributed by atoms with Gasteiger partial charge in [-0.1, -0.05) is 5.16 Å². The molecule has 0 saturated carbocycles. The number of hydrogen-bond donors (Lipinski definition) is 1. The van der Waals surface area contributed by atoms with Crippen LogP contribution in [-0.2, 0) is 17.1 Å². The molecule has 0 aliphatic rings. The Balaban J connectivity index is 1.76. The van der Waals surface area contributed by atoms with Gasteiger partial charge in [0.1, 0.15) is 22.0 Å². The molecule has 0 atom stereocenters. The lowest BCUT2D eigenvalue weighted by Gasteiger charge is -2.18. The Kier molecular flexibility index (Phi) is 6.77. The van der Waals surface area contributed by atoms with Gasteiger partial charge in [0.25, 0.3) is 11.4 Å². The Labute approximate surface area is 227 Å². The van der Waals surface area contributed by atoms with Gasteiger partial charge in [-0.15, -0.1) is 11.3 Å². The first-order valence-corrected chi connectivity index (χ1v) is 14.5. The average molecular weight is 569 g/mol. The first-order valence-electron chi connectivity index (χ1n) is 12.0. The number of nitrogens with one attached hydrogen (secondary N) is 1. The van der Waals surface area contributed by atoms with E-state index in [1.54, 1.807) is 65.2 Å². The van der Waals surface area contributed by atoms with Crippen molar-refractivity contribution in [2.45, 2.75) is 27.7 Å². The number of halogens is 1. The molecule has 0 radical (unpaired) electrons.